The van der Waals surface area contributed by atoms with Gasteiger partial charge in [0.05, 0.1) is 43.2 Å². The summed E-state index contributed by atoms with van der Waals surface area (Å²) in [6.07, 6.45) is 0.0164. The third-order valence-electron chi connectivity index (χ3n) is 3.74. The molecule has 2 aromatic rings. The Bertz CT molecular complexity index is 989. The lowest BCUT2D eigenvalue weighted by Crippen LogP contribution is -2.35. The quantitative estimate of drug-likeness (QED) is 0.242. The molecule has 0 aliphatic heterocycles. The molecule has 0 saturated heterocycles. The third-order valence-corrected chi connectivity index (χ3v) is 7.06. The molecule has 0 bridgehead atoms. The Kier molecular flexibility index (Phi) is 8.73. The summed E-state index contributed by atoms with van der Waals surface area (Å²) in [4.78, 5) is 38.0. The second kappa shape index (κ2) is 10.4. The molecule has 1 heterocycles. The first kappa shape index (κ1) is 24.4. The molecule has 0 spiro atoms. The number of nitrogens with zero attached hydrogens (tertiary/aromatic N) is 1. The van der Waals surface area contributed by atoms with E-state index >= 15 is 0 Å². The molecule has 1 atom stereocenters. The number of hydrogen-bond acceptors (Lipinski definition) is 8. The summed E-state index contributed by atoms with van der Waals surface area (Å²) in [6, 6.07) is 0. The zero-order chi connectivity index (χ0) is 21.9. The van der Waals surface area contributed by atoms with Crippen LogP contribution in [0.4, 0.5) is 5.69 Å². The highest BCUT2D eigenvalue weighted by Gasteiger charge is 2.28. The van der Waals surface area contributed by atoms with Crippen LogP contribution < -0.4 is 16.9 Å². The van der Waals surface area contributed by atoms with Crippen molar-refractivity contribution in [3.8, 4) is 0 Å². The van der Waals surface area contributed by atoms with Crippen LogP contribution in [0.1, 0.15) is 26.5 Å². The van der Waals surface area contributed by atoms with E-state index in [0.29, 0.717) is 10.7 Å². The SMILES string of the molecule is CN(Cc1coc(=O)o1)C(=O)c1c(I)c(N)c(I)c(C(=O)NCC(O)CO)c1I. The fraction of sp³-hybridized carbons (Fsp3) is 0.312. The van der Waals surface area contributed by atoms with Gasteiger partial charge in [0.1, 0.15) is 6.26 Å². The molecule has 1 aromatic carbocycles. The molecule has 0 radical (unpaired) electrons. The number of aliphatic hydroxyl groups is 2. The van der Waals surface area contributed by atoms with E-state index in [1.165, 1.54) is 11.9 Å². The van der Waals surface area contributed by atoms with E-state index in [1.807, 2.05) is 67.8 Å². The van der Waals surface area contributed by atoms with Crippen LogP contribution in [0.2, 0.25) is 0 Å². The Hall–Kier alpha value is -0.920. The Morgan fingerprint density at radius 2 is 1.86 bits per heavy atom. The summed E-state index contributed by atoms with van der Waals surface area (Å²) in [7, 11) is 1.51. The largest absolute Gasteiger partial charge is 0.518 e. The topological polar surface area (TPSA) is 159 Å². The van der Waals surface area contributed by atoms with Gasteiger partial charge in [-0.3, -0.25) is 9.59 Å². The van der Waals surface area contributed by atoms with E-state index in [2.05, 4.69) is 9.73 Å². The van der Waals surface area contributed by atoms with Gasteiger partial charge >= 0.3 is 5.82 Å². The maximum atomic E-state index is 13.1. The first-order valence-corrected chi connectivity index (χ1v) is 11.2. The molecule has 1 unspecified atom stereocenters. The van der Waals surface area contributed by atoms with Crippen LogP contribution in [0, 0.1) is 10.7 Å². The minimum absolute atomic E-state index is 0.0210. The van der Waals surface area contributed by atoms with Crippen LogP contribution in [-0.4, -0.2) is 53.2 Å². The number of anilines is 1. The molecule has 1 aromatic heterocycles. The van der Waals surface area contributed by atoms with Crippen molar-refractivity contribution in [3.63, 3.8) is 0 Å². The van der Waals surface area contributed by atoms with Gasteiger partial charge in [0.15, 0.2) is 5.76 Å². The minimum atomic E-state index is -1.10. The molecule has 0 aliphatic rings. The molecular formula is C16H16I3N3O7. The summed E-state index contributed by atoms with van der Waals surface area (Å²) >= 11 is 5.76. The number of hydrogen-bond donors (Lipinski definition) is 4. The summed E-state index contributed by atoms with van der Waals surface area (Å²) in [5, 5.41) is 20.9. The van der Waals surface area contributed by atoms with Crippen LogP contribution in [0.25, 0.3) is 0 Å². The van der Waals surface area contributed by atoms with Gasteiger partial charge in [-0.05, 0) is 67.8 Å². The molecule has 0 fully saturated rings. The lowest BCUT2D eigenvalue weighted by atomic mass is 10.1. The van der Waals surface area contributed by atoms with Crippen LogP contribution >= 0.6 is 67.8 Å². The number of amides is 2. The van der Waals surface area contributed by atoms with Gasteiger partial charge in [-0.2, -0.15) is 0 Å². The lowest BCUT2D eigenvalue weighted by Gasteiger charge is -2.21. The van der Waals surface area contributed by atoms with Crippen molar-refractivity contribution in [1.82, 2.24) is 10.2 Å². The second-order valence-corrected chi connectivity index (χ2v) is 9.10. The zero-order valence-electron chi connectivity index (χ0n) is 14.9. The second-order valence-electron chi connectivity index (χ2n) is 5.87. The summed E-state index contributed by atoms with van der Waals surface area (Å²) in [5.41, 5.74) is 6.82. The maximum absolute atomic E-state index is 13.1. The predicted octanol–water partition coefficient (Wildman–Crippen LogP) is 0.984. The Labute approximate surface area is 205 Å². The van der Waals surface area contributed by atoms with E-state index in [1.54, 1.807) is 0 Å². The number of rotatable bonds is 7. The van der Waals surface area contributed by atoms with Crippen molar-refractivity contribution < 1.29 is 28.6 Å². The van der Waals surface area contributed by atoms with Gasteiger partial charge in [0.2, 0.25) is 0 Å². The molecule has 0 aliphatic carbocycles. The zero-order valence-corrected chi connectivity index (χ0v) is 21.3. The van der Waals surface area contributed by atoms with Gasteiger partial charge < -0.3 is 35.0 Å². The van der Waals surface area contributed by atoms with Gasteiger partial charge in [-0.15, -0.1) is 0 Å². The normalized spacial score (nSPS) is 11.9. The van der Waals surface area contributed by atoms with Crippen LogP contribution in [0.3, 0.4) is 0 Å². The van der Waals surface area contributed by atoms with Crippen LogP contribution in [0.15, 0.2) is 19.9 Å². The number of benzene rings is 1. The maximum Gasteiger partial charge on any atom is 0.518 e. The van der Waals surface area contributed by atoms with E-state index in [9.17, 15) is 19.5 Å². The van der Waals surface area contributed by atoms with E-state index in [-0.39, 0.29) is 35.7 Å². The number of nitrogens with one attached hydrogen (secondary N) is 1. The van der Waals surface area contributed by atoms with Gasteiger partial charge in [0.25, 0.3) is 11.8 Å². The van der Waals surface area contributed by atoms with Crippen molar-refractivity contribution in [2.75, 3.05) is 25.9 Å². The molecule has 29 heavy (non-hydrogen) atoms. The van der Waals surface area contributed by atoms with Crippen LogP contribution in [0.5, 0.6) is 0 Å². The van der Waals surface area contributed by atoms with Gasteiger partial charge in [-0.25, -0.2) is 4.79 Å². The first-order chi connectivity index (χ1) is 13.6. The van der Waals surface area contributed by atoms with E-state index < -0.39 is 30.3 Å². The standard InChI is InChI=1S/C16H16I3N3O7/c1-22(3-7-5-28-16(27)29-7)15(26)9-10(17)8(11(18)13(20)12(9)19)14(25)21-2-6(24)4-23/h5-6,23-24H,2-4,20H2,1H3,(H,21,25). The molecule has 2 amide bonds. The number of carbonyl (C=O) groups excluding carboxylic acids is 2. The summed E-state index contributed by atoms with van der Waals surface area (Å²) < 4.78 is 10.7. The summed E-state index contributed by atoms with van der Waals surface area (Å²) in [6.45, 7) is -0.676. The smallest absolute Gasteiger partial charge is 0.399 e. The Balaban J connectivity index is 2.40. The number of halogens is 3. The van der Waals surface area contributed by atoms with Gasteiger partial charge in [-0.1, -0.05) is 0 Å². The average Bonchev–Trinajstić information content (AvgIpc) is 3.08. The molecule has 10 nitrogen and oxygen atoms in total. The van der Waals surface area contributed by atoms with Crippen LogP contribution in [-0.2, 0) is 6.54 Å². The van der Waals surface area contributed by atoms with E-state index in [0.717, 1.165) is 6.26 Å². The number of nitrogens with two attached hydrogens (primary N) is 1. The van der Waals surface area contributed by atoms with Gasteiger partial charge in [0, 0.05) is 17.2 Å². The van der Waals surface area contributed by atoms with Crippen molar-refractivity contribution in [1.29, 1.82) is 0 Å². The monoisotopic (exact) mass is 743 g/mol. The highest BCUT2D eigenvalue weighted by atomic mass is 127. The fourth-order valence-corrected chi connectivity index (χ4v) is 6.39. The third kappa shape index (κ3) is 5.61. The highest BCUT2D eigenvalue weighted by Crippen LogP contribution is 2.34. The summed E-state index contributed by atoms with van der Waals surface area (Å²) in [5.74, 6) is -1.67. The average molecular weight is 743 g/mol. The van der Waals surface area contributed by atoms with Crippen molar-refractivity contribution >= 4 is 85.3 Å². The van der Waals surface area contributed by atoms with Crippen molar-refractivity contribution in [2.45, 2.75) is 12.6 Å². The molecule has 5 N–H and O–H groups in total. The molecule has 13 heteroatoms. The Morgan fingerprint density at radius 1 is 1.24 bits per heavy atom. The minimum Gasteiger partial charge on any atom is -0.399 e. The first-order valence-electron chi connectivity index (χ1n) is 7.94. The molecular weight excluding hydrogens is 727 g/mol. The number of carbonyl (C=O) groups is 2. The van der Waals surface area contributed by atoms with E-state index in [4.69, 9.17) is 15.3 Å². The fourth-order valence-electron chi connectivity index (χ4n) is 2.27. The predicted molar refractivity (Wildman–Crippen MR) is 127 cm³/mol. The molecule has 2 rings (SSSR count). The number of aliphatic hydroxyl groups excluding tert-OH is 2. The van der Waals surface area contributed by atoms with Crippen molar-refractivity contribution in [3.05, 3.63) is 44.5 Å². The van der Waals surface area contributed by atoms with Crippen molar-refractivity contribution in [2.24, 2.45) is 0 Å². The molecule has 0 saturated carbocycles. The Morgan fingerprint density at radius 3 is 2.41 bits per heavy atom. The number of nitrogen functional groups attached to an aromatic ring is 1. The highest BCUT2D eigenvalue weighted by molar-refractivity contribution is 14.1. The molecule has 158 valence electrons. The lowest BCUT2D eigenvalue weighted by molar-refractivity contribution is 0.0772.